The Kier molecular flexibility index (Phi) is 4.53. The number of aromatic nitrogens is 2. The molecule has 1 N–H and O–H groups in total. The second-order valence-corrected chi connectivity index (χ2v) is 6.67. The molecule has 2 unspecified atom stereocenters. The Morgan fingerprint density at radius 2 is 2.14 bits per heavy atom. The molecule has 2 fully saturated rings. The highest BCUT2D eigenvalue weighted by molar-refractivity contribution is 5.17. The first kappa shape index (κ1) is 14.9. The maximum Gasteiger partial charge on any atom is 0.157 e. The van der Waals surface area contributed by atoms with Gasteiger partial charge in [-0.15, -0.1) is 0 Å². The molecule has 0 radical (unpaired) electrons. The SMILES string of the molecule is CCCNC1CC(Oc2cnn(CC)c2)C12CCCCC2. The Morgan fingerprint density at radius 3 is 2.81 bits per heavy atom. The summed E-state index contributed by atoms with van der Waals surface area (Å²) >= 11 is 0. The van der Waals surface area contributed by atoms with Gasteiger partial charge in [-0.2, -0.15) is 5.10 Å². The van der Waals surface area contributed by atoms with Crippen LogP contribution in [0.25, 0.3) is 0 Å². The minimum Gasteiger partial charge on any atom is -0.486 e. The van der Waals surface area contributed by atoms with Crippen LogP contribution >= 0.6 is 0 Å². The van der Waals surface area contributed by atoms with Gasteiger partial charge in [-0.3, -0.25) is 4.68 Å². The van der Waals surface area contributed by atoms with Gasteiger partial charge in [0, 0.05) is 24.4 Å². The summed E-state index contributed by atoms with van der Waals surface area (Å²) < 4.78 is 8.25. The third kappa shape index (κ3) is 2.83. The Bertz CT molecular complexity index is 451. The monoisotopic (exact) mass is 291 g/mol. The van der Waals surface area contributed by atoms with Gasteiger partial charge in [0.05, 0.1) is 12.4 Å². The predicted octanol–water partition coefficient (Wildman–Crippen LogP) is 3.37. The van der Waals surface area contributed by atoms with Crippen LogP contribution in [-0.4, -0.2) is 28.5 Å². The fourth-order valence-electron chi connectivity index (χ4n) is 4.14. The molecule has 3 rings (SSSR count). The number of nitrogens with one attached hydrogen (secondary N) is 1. The molecule has 0 aromatic carbocycles. The van der Waals surface area contributed by atoms with Gasteiger partial charge in [0.2, 0.25) is 0 Å². The lowest BCUT2D eigenvalue weighted by molar-refractivity contribution is -0.103. The molecule has 1 aromatic heterocycles. The molecule has 2 aliphatic rings. The van der Waals surface area contributed by atoms with E-state index in [1.165, 1.54) is 38.5 Å². The van der Waals surface area contributed by atoms with Crippen molar-refractivity contribution in [3.05, 3.63) is 12.4 Å². The van der Waals surface area contributed by atoms with Gasteiger partial charge in [0.25, 0.3) is 0 Å². The number of hydrogen-bond donors (Lipinski definition) is 1. The third-order valence-corrected chi connectivity index (χ3v) is 5.42. The van der Waals surface area contributed by atoms with E-state index in [9.17, 15) is 0 Å². The highest BCUT2D eigenvalue weighted by Crippen LogP contribution is 2.53. The average molecular weight is 291 g/mol. The molecular weight excluding hydrogens is 262 g/mol. The molecule has 0 bridgehead atoms. The van der Waals surface area contributed by atoms with Crippen molar-refractivity contribution in [3.63, 3.8) is 0 Å². The van der Waals surface area contributed by atoms with Crippen LogP contribution in [-0.2, 0) is 6.54 Å². The fourth-order valence-corrected chi connectivity index (χ4v) is 4.14. The standard InChI is InChI=1S/C17H29N3O/c1-3-10-18-15-11-16(17(15)8-6-5-7-9-17)21-14-12-19-20(4-2)13-14/h12-13,15-16,18H,3-11H2,1-2H3. The van der Waals surface area contributed by atoms with Crippen molar-refractivity contribution < 1.29 is 4.74 Å². The second kappa shape index (κ2) is 6.39. The van der Waals surface area contributed by atoms with E-state index in [4.69, 9.17) is 4.74 Å². The van der Waals surface area contributed by atoms with Crippen molar-refractivity contribution in [2.24, 2.45) is 5.41 Å². The van der Waals surface area contributed by atoms with Crippen molar-refractivity contribution in [2.45, 2.75) is 77.5 Å². The molecule has 0 aliphatic heterocycles. The smallest absolute Gasteiger partial charge is 0.157 e. The first-order valence-corrected chi connectivity index (χ1v) is 8.71. The normalized spacial score (nSPS) is 27.5. The minimum atomic E-state index is 0.377. The van der Waals surface area contributed by atoms with Crippen LogP contribution in [0.5, 0.6) is 5.75 Å². The molecule has 1 heterocycles. The Hall–Kier alpha value is -1.03. The van der Waals surface area contributed by atoms with Crippen molar-refractivity contribution in [1.82, 2.24) is 15.1 Å². The Balaban J connectivity index is 1.66. The predicted molar refractivity (Wildman–Crippen MR) is 84.5 cm³/mol. The minimum absolute atomic E-state index is 0.377. The lowest BCUT2D eigenvalue weighted by atomic mass is 9.55. The topological polar surface area (TPSA) is 39.1 Å². The maximum atomic E-state index is 6.31. The molecule has 1 spiro atoms. The molecular formula is C17H29N3O. The van der Waals surface area contributed by atoms with E-state index in [1.54, 1.807) is 0 Å². The van der Waals surface area contributed by atoms with Crippen LogP contribution in [0.4, 0.5) is 0 Å². The van der Waals surface area contributed by atoms with Crippen molar-refractivity contribution in [3.8, 4) is 5.75 Å². The first-order chi connectivity index (χ1) is 10.3. The summed E-state index contributed by atoms with van der Waals surface area (Å²) in [4.78, 5) is 0. The van der Waals surface area contributed by atoms with E-state index < -0.39 is 0 Å². The Morgan fingerprint density at radius 1 is 1.33 bits per heavy atom. The van der Waals surface area contributed by atoms with Gasteiger partial charge in [-0.1, -0.05) is 26.2 Å². The maximum absolute atomic E-state index is 6.31. The zero-order valence-corrected chi connectivity index (χ0v) is 13.5. The summed E-state index contributed by atoms with van der Waals surface area (Å²) in [5.41, 5.74) is 0.377. The number of rotatable bonds is 6. The number of ether oxygens (including phenoxy) is 1. The lowest BCUT2D eigenvalue weighted by Crippen LogP contribution is -2.65. The van der Waals surface area contributed by atoms with Crippen LogP contribution in [0.15, 0.2) is 12.4 Å². The summed E-state index contributed by atoms with van der Waals surface area (Å²) in [6.07, 6.45) is 13.4. The van der Waals surface area contributed by atoms with E-state index in [0.29, 0.717) is 17.6 Å². The number of nitrogens with zero attached hydrogens (tertiary/aromatic N) is 2. The zero-order chi connectivity index (χ0) is 14.7. The van der Waals surface area contributed by atoms with Gasteiger partial charge in [0.1, 0.15) is 6.10 Å². The van der Waals surface area contributed by atoms with Crippen molar-refractivity contribution in [1.29, 1.82) is 0 Å². The van der Waals surface area contributed by atoms with Crippen LogP contribution in [0.3, 0.4) is 0 Å². The molecule has 1 aromatic rings. The van der Waals surface area contributed by atoms with Crippen LogP contribution in [0.2, 0.25) is 0 Å². The summed E-state index contributed by atoms with van der Waals surface area (Å²) in [5, 5.41) is 8.08. The van der Waals surface area contributed by atoms with Gasteiger partial charge >= 0.3 is 0 Å². The van der Waals surface area contributed by atoms with E-state index >= 15 is 0 Å². The number of aryl methyl sites for hydroxylation is 1. The van der Waals surface area contributed by atoms with Gasteiger partial charge < -0.3 is 10.1 Å². The van der Waals surface area contributed by atoms with E-state index in [2.05, 4.69) is 24.3 Å². The summed E-state index contributed by atoms with van der Waals surface area (Å²) in [5.74, 6) is 0.945. The third-order valence-electron chi connectivity index (χ3n) is 5.42. The highest BCUT2D eigenvalue weighted by atomic mass is 16.5. The molecule has 2 aliphatic carbocycles. The molecule has 21 heavy (non-hydrogen) atoms. The molecule has 2 saturated carbocycles. The summed E-state index contributed by atoms with van der Waals surface area (Å²) in [7, 11) is 0. The first-order valence-electron chi connectivity index (χ1n) is 8.71. The highest BCUT2D eigenvalue weighted by Gasteiger charge is 2.56. The quantitative estimate of drug-likeness (QED) is 0.873. The molecule has 0 saturated heterocycles. The van der Waals surface area contributed by atoms with Crippen molar-refractivity contribution >= 4 is 0 Å². The fraction of sp³-hybridized carbons (Fsp3) is 0.824. The summed E-state index contributed by atoms with van der Waals surface area (Å²) in [6, 6.07) is 0.656. The second-order valence-electron chi connectivity index (χ2n) is 6.67. The van der Waals surface area contributed by atoms with Crippen LogP contribution < -0.4 is 10.1 Å². The van der Waals surface area contributed by atoms with E-state index in [-0.39, 0.29) is 0 Å². The zero-order valence-electron chi connectivity index (χ0n) is 13.5. The van der Waals surface area contributed by atoms with Gasteiger partial charge in [0.15, 0.2) is 5.75 Å². The lowest BCUT2D eigenvalue weighted by Gasteiger charge is -2.57. The largest absolute Gasteiger partial charge is 0.486 e. The van der Waals surface area contributed by atoms with Crippen LogP contribution in [0, 0.1) is 5.41 Å². The molecule has 118 valence electrons. The molecule has 4 nitrogen and oxygen atoms in total. The Labute approximate surface area is 128 Å². The average Bonchev–Trinajstić information content (AvgIpc) is 2.99. The molecule has 0 amide bonds. The number of hydrogen-bond acceptors (Lipinski definition) is 3. The van der Waals surface area contributed by atoms with Gasteiger partial charge in [-0.25, -0.2) is 0 Å². The van der Waals surface area contributed by atoms with Crippen LogP contribution in [0.1, 0.15) is 58.8 Å². The van der Waals surface area contributed by atoms with E-state index in [0.717, 1.165) is 25.3 Å². The van der Waals surface area contributed by atoms with Gasteiger partial charge in [-0.05, 0) is 32.7 Å². The van der Waals surface area contributed by atoms with Crippen molar-refractivity contribution in [2.75, 3.05) is 6.54 Å². The molecule has 4 heteroatoms. The molecule has 2 atom stereocenters. The van der Waals surface area contributed by atoms with E-state index in [1.807, 2.05) is 17.1 Å². The summed E-state index contributed by atoms with van der Waals surface area (Å²) in [6.45, 7) is 6.38.